The minimum absolute atomic E-state index is 0.309. The van der Waals surface area contributed by atoms with E-state index >= 15 is 0 Å². The topological polar surface area (TPSA) is 20.2 Å². The van der Waals surface area contributed by atoms with Gasteiger partial charge >= 0.3 is 0 Å². The molecule has 0 amide bonds. The molecule has 0 aliphatic rings. The Balaban J connectivity index is 3.17. The summed E-state index contributed by atoms with van der Waals surface area (Å²) in [6.45, 7) is 1.82. The lowest BCUT2D eigenvalue weighted by atomic mass is 10.2. The normalized spacial score (nSPS) is 9.44. The molecule has 0 heterocycles. The standard InChI is InChI=1S/C7H7OS/c1-5-4-6(9)2-3-7(5)8/h2-4,8H,1H3. The Kier molecular flexibility index (Phi) is 1.58. The van der Waals surface area contributed by atoms with Gasteiger partial charge < -0.3 is 5.11 Å². The molecule has 0 unspecified atom stereocenters. The third-order valence-electron chi connectivity index (χ3n) is 1.17. The third kappa shape index (κ3) is 1.33. The van der Waals surface area contributed by atoms with Crippen LogP contribution in [0.5, 0.6) is 5.75 Å². The van der Waals surface area contributed by atoms with Crippen LogP contribution in [0.1, 0.15) is 5.56 Å². The van der Waals surface area contributed by atoms with Crippen molar-refractivity contribution in [3.05, 3.63) is 23.8 Å². The Morgan fingerprint density at radius 3 is 2.56 bits per heavy atom. The van der Waals surface area contributed by atoms with E-state index in [0.29, 0.717) is 5.75 Å². The zero-order chi connectivity index (χ0) is 6.85. The highest BCUT2D eigenvalue weighted by atomic mass is 32.1. The first-order chi connectivity index (χ1) is 4.20. The maximum absolute atomic E-state index is 9.00. The predicted molar refractivity (Wildman–Crippen MR) is 38.7 cm³/mol. The largest absolute Gasteiger partial charge is 0.508 e. The van der Waals surface area contributed by atoms with Crippen LogP contribution in [0, 0.1) is 6.92 Å². The van der Waals surface area contributed by atoms with E-state index in [2.05, 4.69) is 0 Å². The molecule has 1 aromatic carbocycles. The van der Waals surface area contributed by atoms with Crippen LogP contribution < -0.4 is 0 Å². The molecule has 0 atom stereocenters. The lowest BCUT2D eigenvalue weighted by Crippen LogP contribution is -1.72. The smallest absolute Gasteiger partial charge is 0.118 e. The van der Waals surface area contributed by atoms with Gasteiger partial charge in [0.15, 0.2) is 0 Å². The number of hydrogen-bond acceptors (Lipinski definition) is 1. The quantitative estimate of drug-likeness (QED) is 0.584. The monoisotopic (exact) mass is 139 g/mol. The van der Waals surface area contributed by atoms with Gasteiger partial charge in [-0.2, -0.15) is 0 Å². The van der Waals surface area contributed by atoms with Crippen molar-refractivity contribution >= 4 is 12.6 Å². The van der Waals surface area contributed by atoms with Crippen molar-refractivity contribution < 1.29 is 5.11 Å². The van der Waals surface area contributed by atoms with Gasteiger partial charge in [-0.15, -0.1) is 0 Å². The molecule has 47 valence electrons. The first-order valence-corrected chi connectivity index (χ1v) is 3.07. The van der Waals surface area contributed by atoms with E-state index < -0.39 is 0 Å². The average molecular weight is 139 g/mol. The molecule has 9 heavy (non-hydrogen) atoms. The van der Waals surface area contributed by atoms with Gasteiger partial charge in [-0.3, -0.25) is 0 Å². The van der Waals surface area contributed by atoms with E-state index in [4.69, 9.17) is 17.7 Å². The van der Waals surface area contributed by atoms with Crippen LogP contribution in [0.3, 0.4) is 0 Å². The number of aryl methyl sites for hydroxylation is 1. The van der Waals surface area contributed by atoms with Gasteiger partial charge in [0.25, 0.3) is 0 Å². The molecule has 1 aromatic rings. The number of benzene rings is 1. The van der Waals surface area contributed by atoms with Crippen molar-refractivity contribution in [1.29, 1.82) is 0 Å². The Hall–Kier alpha value is -0.760. The van der Waals surface area contributed by atoms with Crippen molar-refractivity contribution in [2.45, 2.75) is 11.8 Å². The first-order valence-electron chi connectivity index (χ1n) is 2.67. The maximum atomic E-state index is 9.00. The second-order valence-corrected chi connectivity index (χ2v) is 2.42. The Labute approximate surface area is 59.7 Å². The van der Waals surface area contributed by atoms with Crippen LogP contribution in [-0.4, -0.2) is 5.11 Å². The van der Waals surface area contributed by atoms with Gasteiger partial charge in [-0.05, 0) is 30.7 Å². The van der Waals surface area contributed by atoms with Gasteiger partial charge in [0.1, 0.15) is 5.75 Å². The Morgan fingerprint density at radius 1 is 1.44 bits per heavy atom. The summed E-state index contributed by atoms with van der Waals surface area (Å²) >= 11 is 4.85. The summed E-state index contributed by atoms with van der Waals surface area (Å²) in [5.41, 5.74) is 0.836. The molecular weight excluding hydrogens is 132 g/mol. The molecule has 1 nitrogen and oxygen atoms in total. The van der Waals surface area contributed by atoms with Crippen LogP contribution in [0.15, 0.2) is 23.1 Å². The van der Waals surface area contributed by atoms with E-state index in [1.807, 2.05) is 6.92 Å². The van der Waals surface area contributed by atoms with Crippen molar-refractivity contribution in [2.75, 3.05) is 0 Å². The highest BCUT2D eigenvalue weighted by Gasteiger charge is 1.93. The van der Waals surface area contributed by atoms with E-state index in [9.17, 15) is 0 Å². The molecule has 0 aliphatic carbocycles. The number of hydrogen-bond donors (Lipinski definition) is 1. The Bertz CT molecular complexity index is 220. The summed E-state index contributed by atoms with van der Waals surface area (Å²) < 4.78 is 0. The van der Waals surface area contributed by atoms with Gasteiger partial charge in [0.05, 0.1) is 0 Å². The van der Waals surface area contributed by atoms with Gasteiger partial charge in [0, 0.05) is 4.90 Å². The van der Waals surface area contributed by atoms with Crippen LogP contribution in [-0.2, 0) is 0 Å². The lowest BCUT2D eigenvalue weighted by Gasteiger charge is -1.95. The van der Waals surface area contributed by atoms with E-state index in [-0.39, 0.29) is 0 Å². The van der Waals surface area contributed by atoms with Crippen molar-refractivity contribution in [3.63, 3.8) is 0 Å². The SMILES string of the molecule is Cc1cc([S])ccc1O. The number of phenolic OH excluding ortho intramolecular Hbond substituents is 1. The third-order valence-corrected chi connectivity index (χ3v) is 1.42. The predicted octanol–water partition coefficient (Wildman–Crippen LogP) is 2.26. The zero-order valence-corrected chi connectivity index (χ0v) is 5.90. The fraction of sp³-hybridized carbons (Fsp3) is 0.143. The number of phenols is 1. The first kappa shape index (κ1) is 6.36. The highest BCUT2D eigenvalue weighted by Crippen LogP contribution is 2.18. The Morgan fingerprint density at radius 2 is 2.11 bits per heavy atom. The van der Waals surface area contributed by atoms with Gasteiger partial charge in [-0.25, -0.2) is 0 Å². The molecule has 0 aromatic heterocycles. The van der Waals surface area contributed by atoms with Crippen LogP contribution in [0.2, 0.25) is 0 Å². The average Bonchev–Trinajstić information content (AvgIpc) is 1.80. The van der Waals surface area contributed by atoms with Crippen LogP contribution in [0.4, 0.5) is 0 Å². The molecule has 1 N–H and O–H groups in total. The van der Waals surface area contributed by atoms with Crippen molar-refractivity contribution in [2.24, 2.45) is 0 Å². The summed E-state index contributed by atoms with van der Waals surface area (Å²) in [6, 6.07) is 5.08. The summed E-state index contributed by atoms with van der Waals surface area (Å²) in [7, 11) is 0. The molecule has 0 bridgehead atoms. The molecule has 1 rings (SSSR count). The summed E-state index contributed by atoms with van der Waals surface area (Å²) in [4.78, 5) is 0.769. The van der Waals surface area contributed by atoms with E-state index in [1.54, 1.807) is 18.2 Å². The fourth-order valence-electron chi connectivity index (χ4n) is 0.628. The number of rotatable bonds is 0. The fourth-order valence-corrected chi connectivity index (χ4v) is 0.873. The van der Waals surface area contributed by atoms with E-state index in [0.717, 1.165) is 10.5 Å². The summed E-state index contributed by atoms with van der Waals surface area (Å²) in [5, 5.41) is 9.00. The van der Waals surface area contributed by atoms with Crippen LogP contribution in [0.25, 0.3) is 0 Å². The second kappa shape index (κ2) is 2.23. The van der Waals surface area contributed by atoms with Gasteiger partial charge in [0.2, 0.25) is 0 Å². The zero-order valence-electron chi connectivity index (χ0n) is 5.09. The van der Waals surface area contributed by atoms with Crippen molar-refractivity contribution in [1.82, 2.24) is 0 Å². The molecule has 0 fully saturated rings. The minimum Gasteiger partial charge on any atom is -0.508 e. The maximum Gasteiger partial charge on any atom is 0.118 e. The summed E-state index contributed by atoms with van der Waals surface area (Å²) in [6.07, 6.45) is 0. The highest BCUT2D eigenvalue weighted by molar-refractivity contribution is 7.80. The molecule has 0 aliphatic heterocycles. The molecule has 0 saturated carbocycles. The van der Waals surface area contributed by atoms with Gasteiger partial charge in [-0.1, -0.05) is 12.6 Å². The molecule has 0 spiro atoms. The van der Waals surface area contributed by atoms with E-state index in [1.165, 1.54) is 0 Å². The molecule has 1 radical (unpaired) electrons. The summed E-state index contributed by atoms with van der Waals surface area (Å²) in [5.74, 6) is 0.309. The molecular formula is C7H7OS. The minimum atomic E-state index is 0.309. The second-order valence-electron chi connectivity index (χ2n) is 1.95. The lowest BCUT2D eigenvalue weighted by molar-refractivity contribution is 0.470. The van der Waals surface area contributed by atoms with Crippen LogP contribution >= 0.6 is 12.6 Å². The van der Waals surface area contributed by atoms with Crippen molar-refractivity contribution in [3.8, 4) is 5.75 Å². The molecule has 0 saturated heterocycles. The molecule has 2 heteroatoms. The number of aromatic hydroxyl groups is 1.